The molecular formula is C17H24N2O2. The number of rotatable bonds is 6. The smallest absolute Gasteiger partial charge is 0.241 e. The lowest BCUT2D eigenvalue weighted by Crippen LogP contribution is -2.40. The molecule has 0 radical (unpaired) electrons. The first-order valence-electron chi connectivity index (χ1n) is 7.55. The number of carbonyl (C=O) groups is 1. The Bertz CT molecular complexity index is 479. The Morgan fingerprint density at radius 2 is 2.14 bits per heavy atom. The largest absolute Gasteiger partial charge is 0.487 e. The number of amides is 1. The molecule has 0 bridgehead atoms. The van der Waals surface area contributed by atoms with Crippen molar-refractivity contribution in [1.82, 2.24) is 4.90 Å². The van der Waals surface area contributed by atoms with Crippen LogP contribution in [0.15, 0.2) is 36.9 Å². The van der Waals surface area contributed by atoms with Crippen LogP contribution in [0.25, 0.3) is 0 Å². The molecule has 1 fully saturated rings. The van der Waals surface area contributed by atoms with Gasteiger partial charge in [0.15, 0.2) is 0 Å². The van der Waals surface area contributed by atoms with E-state index in [0.717, 1.165) is 43.3 Å². The summed E-state index contributed by atoms with van der Waals surface area (Å²) in [6.45, 7) is 8.39. The fourth-order valence-electron chi connectivity index (χ4n) is 2.43. The molecule has 2 rings (SSSR count). The number of anilines is 1. The molecule has 0 spiro atoms. The summed E-state index contributed by atoms with van der Waals surface area (Å²) in [5.41, 5.74) is 0.845. The van der Waals surface area contributed by atoms with Crippen LogP contribution in [0.3, 0.4) is 0 Å². The number of carbonyl (C=O) groups excluding carboxylic acids is 1. The zero-order chi connectivity index (χ0) is 15.1. The SMILES string of the molecule is C=CCOc1ccccc1NCC(=O)N1CCC(C)CC1. The second-order valence-electron chi connectivity index (χ2n) is 5.51. The Labute approximate surface area is 126 Å². The molecule has 114 valence electrons. The minimum absolute atomic E-state index is 0.153. The summed E-state index contributed by atoms with van der Waals surface area (Å²) in [5, 5.41) is 3.18. The molecule has 1 aliphatic heterocycles. The summed E-state index contributed by atoms with van der Waals surface area (Å²) in [6, 6.07) is 7.65. The molecule has 0 atom stereocenters. The number of nitrogens with one attached hydrogen (secondary N) is 1. The number of hydrogen-bond donors (Lipinski definition) is 1. The number of nitrogens with zero attached hydrogens (tertiary/aromatic N) is 1. The van der Waals surface area contributed by atoms with Gasteiger partial charge < -0.3 is 15.0 Å². The van der Waals surface area contributed by atoms with Gasteiger partial charge in [0.1, 0.15) is 12.4 Å². The first kappa shape index (κ1) is 15.4. The Balaban J connectivity index is 1.87. The van der Waals surface area contributed by atoms with Gasteiger partial charge in [0.05, 0.1) is 12.2 Å². The lowest BCUT2D eigenvalue weighted by Gasteiger charge is -2.30. The molecule has 4 heteroatoms. The van der Waals surface area contributed by atoms with Crippen molar-refractivity contribution in [3.8, 4) is 5.75 Å². The van der Waals surface area contributed by atoms with Gasteiger partial charge in [-0.3, -0.25) is 4.79 Å². The van der Waals surface area contributed by atoms with Gasteiger partial charge in [-0.05, 0) is 30.9 Å². The van der Waals surface area contributed by atoms with Crippen molar-refractivity contribution in [2.75, 3.05) is 31.6 Å². The molecule has 1 aliphatic rings. The third kappa shape index (κ3) is 4.52. The molecule has 21 heavy (non-hydrogen) atoms. The monoisotopic (exact) mass is 288 g/mol. The van der Waals surface area contributed by atoms with E-state index in [4.69, 9.17) is 4.74 Å². The maximum atomic E-state index is 12.2. The zero-order valence-corrected chi connectivity index (χ0v) is 12.7. The highest BCUT2D eigenvalue weighted by atomic mass is 16.5. The molecule has 0 aromatic heterocycles. The normalized spacial score (nSPS) is 15.6. The molecule has 1 heterocycles. The molecule has 0 saturated carbocycles. The summed E-state index contributed by atoms with van der Waals surface area (Å²) in [5.74, 6) is 1.63. The van der Waals surface area contributed by atoms with Crippen molar-refractivity contribution in [3.05, 3.63) is 36.9 Å². The number of piperidine rings is 1. The van der Waals surface area contributed by atoms with Crippen LogP contribution in [-0.2, 0) is 4.79 Å². The van der Waals surface area contributed by atoms with Crippen LogP contribution in [0.2, 0.25) is 0 Å². The summed E-state index contributed by atoms with van der Waals surface area (Å²) in [4.78, 5) is 14.2. The van der Waals surface area contributed by atoms with Gasteiger partial charge in [-0.1, -0.05) is 31.7 Å². The van der Waals surface area contributed by atoms with Gasteiger partial charge in [-0.15, -0.1) is 0 Å². The summed E-state index contributed by atoms with van der Waals surface area (Å²) in [6.07, 6.45) is 3.91. The molecule has 0 unspecified atom stereocenters. The molecule has 1 N–H and O–H groups in total. The van der Waals surface area contributed by atoms with E-state index in [-0.39, 0.29) is 5.91 Å². The fourth-order valence-corrected chi connectivity index (χ4v) is 2.43. The lowest BCUT2D eigenvalue weighted by atomic mass is 9.99. The van der Waals surface area contributed by atoms with Crippen molar-refractivity contribution in [2.45, 2.75) is 19.8 Å². The first-order chi connectivity index (χ1) is 10.2. The molecular weight excluding hydrogens is 264 g/mol. The highest BCUT2D eigenvalue weighted by molar-refractivity contribution is 5.81. The van der Waals surface area contributed by atoms with Crippen LogP contribution in [0.1, 0.15) is 19.8 Å². The van der Waals surface area contributed by atoms with E-state index in [9.17, 15) is 4.79 Å². The molecule has 0 aliphatic carbocycles. The Morgan fingerprint density at radius 3 is 2.86 bits per heavy atom. The predicted molar refractivity (Wildman–Crippen MR) is 85.6 cm³/mol. The number of ether oxygens (including phenoxy) is 1. The van der Waals surface area contributed by atoms with Crippen molar-refractivity contribution in [2.24, 2.45) is 5.92 Å². The number of hydrogen-bond acceptors (Lipinski definition) is 3. The number of para-hydroxylation sites is 2. The van der Waals surface area contributed by atoms with E-state index in [2.05, 4.69) is 18.8 Å². The van der Waals surface area contributed by atoms with Crippen LogP contribution in [0.5, 0.6) is 5.75 Å². The topological polar surface area (TPSA) is 41.6 Å². The van der Waals surface area contributed by atoms with Gasteiger partial charge >= 0.3 is 0 Å². The Hall–Kier alpha value is -1.97. The minimum atomic E-state index is 0.153. The van der Waals surface area contributed by atoms with Gasteiger partial charge in [0.2, 0.25) is 5.91 Å². The number of likely N-dealkylation sites (tertiary alicyclic amines) is 1. The highest BCUT2D eigenvalue weighted by Gasteiger charge is 2.20. The van der Waals surface area contributed by atoms with Gasteiger partial charge in [-0.25, -0.2) is 0 Å². The lowest BCUT2D eigenvalue weighted by molar-refractivity contribution is -0.130. The third-order valence-corrected chi connectivity index (χ3v) is 3.81. The van der Waals surface area contributed by atoms with Crippen LogP contribution in [-0.4, -0.2) is 37.0 Å². The molecule has 1 amide bonds. The standard InChI is InChI=1S/C17H24N2O2/c1-3-12-21-16-7-5-4-6-15(16)18-13-17(20)19-10-8-14(2)9-11-19/h3-7,14,18H,1,8-13H2,2H3. The second kappa shape index (κ2) is 7.72. The van der Waals surface area contributed by atoms with Crippen LogP contribution >= 0.6 is 0 Å². The molecule has 1 saturated heterocycles. The molecule has 1 aromatic carbocycles. The molecule has 1 aromatic rings. The highest BCUT2D eigenvalue weighted by Crippen LogP contribution is 2.23. The number of benzene rings is 1. The van der Waals surface area contributed by atoms with Crippen molar-refractivity contribution in [1.29, 1.82) is 0 Å². The average Bonchev–Trinajstić information content (AvgIpc) is 2.52. The summed E-state index contributed by atoms with van der Waals surface area (Å²) in [7, 11) is 0. The van der Waals surface area contributed by atoms with Gasteiger partial charge in [0.25, 0.3) is 0 Å². The van der Waals surface area contributed by atoms with Gasteiger partial charge in [0, 0.05) is 13.1 Å². The minimum Gasteiger partial charge on any atom is -0.487 e. The summed E-state index contributed by atoms with van der Waals surface area (Å²) < 4.78 is 5.57. The van der Waals surface area contributed by atoms with Gasteiger partial charge in [-0.2, -0.15) is 0 Å². The summed E-state index contributed by atoms with van der Waals surface area (Å²) >= 11 is 0. The maximum absolute atomic E-state index is 12.2. The Morgan fingerprint density at radius 1 is 1.43 bits per heavy atom. The van der Waals surface area contributed by atoms with E-state index in [0.29, 0.717) is 13.2 Å². The van der Waals surface area contributed by atoms with E-state index < -0.39 is 0 Å². The fraction of sp³-hybridized carbons (Fsp3) is 0.471. The van der Waals surface area contributed by atoms with E-state index in [1.54, 1.807) is 6.08 Å². The maximum Gasteiger partial charge on any atom is 0.241 e. The van der Waals surface area contributed by atoms with Crippen molar-refractivity contribution < 1.29 is 9.53 Å². The van der Waals surface area contributed by atoms with Crippen LogP contribution < -0.4 is 10.1 Å². The van der Waals surface area contributed by atoms with Crippen LogP contribution in [0.4, 0.5) is 5.69 Å². The van der Waals surface area contributed by atoms with E-state index in [1.165, 1.54) is 0 Å². The molecule has 4 nitrogen and oxygen atoms in total. The third-order valence-electron chi connectivity index (χ3n) is 3.81. The van der Waals surface area contributed by atoms with E-state index >= 15 is 0 Å². The average molecular weight is 288 g/mol. The zero-order valence-electron chi connectivity index (χ0n) is 12.7. The second-order valence-corrected chi connectivity index (χ2v) is 5.51. The quantitative estimate of drug-likeness (QED) is 0.818. The van der Waals surface area contributed by atoms with Crippen molar-refractivity contribution >= 4 is 11.6 Å². The van der Waals surface area contributed by atoms with Crippen LogP contribution in [0, 0.1) is 5.92 Å². The predicted octanol–water partition coefficient (Wildman–Crippen LogP) is 2.92. The Kier molecular flexibility index (Phi) is 5.67. The van der Waals surface area contributed by atoms with E-state index in [1.807, 2.05) is 29.2 Å². The van der Waals surface area contributed by atoms with Crippen molar-refractivity contribution in [3.63, 3.8) is 0 Å². The first-order valence-corrected chi connectivity index (χ1v) is 7.55.